The van der Waals surface area contributed by atoms with E-state index in [-0.39, 0.29) is 31.1 Å². The SMILES string of the molecule is COC(CNC(=O)N1CC(C)OCC1C)CC(=O)O. The molecule has 3 atom stereocenters. The number of urea groups is 1. The molecule has 2 amide bonds. The van der Waals surface area contributed by atoms with Crippen molar-refractivity contribution in [3.63, 3.8) is 0 Å². The van der Waals surface area contributed by atoms with Crippen LogP contribution in [-0.2, 0) is 14.3 Å². The molecule has 7 nitrogen and oxygen atoms in total. The molecule has 3 unspecified atom stereocenters. The average Bonchev–Trinajstić information content (AvgIpc) is 2.36. The number of methoxy groups -OCH3 is 1. The summed E-state index contributed by atoms with van der Waals surface area (Å²) in [6.07, 6.45) is -0.638. The molecule has 0 aromatic heterocycles. The third-order valence-electron chi connectivity index (χ3n) is 3.09. The van der Waals surface area contributed by atoms with E-state index in [1.165, 1.54) is 7.11 Å². The van der Waals surface area contributed by atoms with E-state index in [4.69, 9.17) is 14.6 Å². The van der Waals surface area contributed by atoms with Gasteiger partial charge >= 0.3 is 12.0 Å². The minimum atomic E-state index is -0.950. The zero-order chi connectivity index (χ0) is 14.4. The number of morpholine rings is 1. The fraction of sp³-hybridized carbons (Fsp3) is 0.833. The molecule has 0 bridgehead atoms. The lowest BCUT2D eigenvalue weighted by Gasteiger charge is -2.36. The van der Waals surface area contributed by atoms with Gasteiger partial charge in [-0.3, -0.25) is 4.79 Å². The molecule has 0 aliphatic carbocycles. The summed E-state index contributed by atoms with van der Waals surface area (Å²) in [7, 11) is 1.43. The highest BCUT2D eigenvalue weighted by molar-refractivity contribution is 5.75. The van der Waals surface area contributed by atoms with Crippen molar-refractivity contribution in [2.45, 2.75) is 38.5 Å². The van der Waals surface area contributed by atoms with Crippen molar-refractivity contribution >= 4 is 12.0 Å². The van der Waals surface area contributed by atoms with Gasteiger partial charge in [0.25, 0.3) is 0 Å². The van der Waals surface area contributed by atoms with Gasteiger partial charge in [-0.1, -0.05) is 0 Å². The zero-order valence-electron chi connectivity index (χ0n) is 11.6. The molecule has 0 saturated carbocycles. The second-order valence-corrected chi connectivity index (χ2v) is 4.79. The van der Waals surface area contributed by atoms with Crippen LogP contribution in [0, 0.1) is 0 Å². The largest absolute Gasteiger partial charge is 0.481 e. The number of carbonyl (C=O) groups is 2. The Hall–Kier alpha value is -1.34. The second kappa shape index (κ2) is 7.30. The maximum Gasteiger partial charge on any atom is 0.317 e. The summed E-state index contributed by atoms with van der Waals surface area (Å²) in [5, 5.41) is 11.4. The molecule has 0 aromatic rings. The topological polar surface area (TPSA) is 88.1 Å². The first kappa shape index (κ1) is 15.7. The first-order chi connectivity index (χ1) is 8.93. The van der Waals surface area contributed by atoms with Crippen LogP contribution in [0.5, 0.6) is 0 Å². The molecule has 7 heteroatoms. The number of hydrogen-bond acceptors (Lipinski definition) is 4. The highest BCUT2D eigenvalue weighted by Crippen LogP contribution is 2.11. The van der Waals surface area contributed by atoms with E-state index in [9.17, 15) is 9.59 Å². The van der Waals surface area contributed by atoms with E-state index in [0.717, 1.165) is 0 Å². The van der Waals surface area contributed by atoms with Crippen molar-refractivity contribution in [3.8, 4) is 0 Å². The van der Waals surface area contributed by atoms with Crippen molar-refractivity contribution in [2.24, 2.45) is 0 Å². The lowest BCUT2D eigenvalue weighted by molar-refractivity contribution is -0.139. The number of rotatable bonds is 5. The molecule has 1 aliphatic heterocycles. The van der Waals surface area contributed by atoms with E-state index >= 15 is 0 Å². The van der Waals surface area contributed by atoms with Crippen molar-refractivity contribution in [1.82, 2.24) is 10.2 Å². The standard InChI is InChI=1S/C12H22N2O5/c1-8-7-19-9(2)6-14(8)12(17)13-5-10(18-3)4-11(15)16/h8-10H,4-7H2,1-3H3,(H,13,17)(H,15,16). The summed E-state index contributed by atoms with van der Waals surface area (Å²) in [5.41, 5.74) is 0. The maximum atomic E-state index is 12.0. The minimum Gasteiger partial charge on any atom is -0.481 e. The molecular weight excluding hydrogens is 252 g/mol. The Bertz CT molecular complexity index is 323. The predicted octanol–water partition coefficient (Wildman–Crippen LogP) is 0.295. The number of nitrogens with one attached hydrogen (secondary N) is 1. The van der Waals surface area contributed by atoms with Crippen LogP contribution in [-0.4, -0.2) is 67.1 Å². The Morgan fingerprint density at radius 1 is 1.53 bits per heavy atom. The van der Waals surface area contributed by atoms with E-state index < -0.39 is 12.1 Å². The van der Waals surface area contributed by atoms with E-state index in [0.29, 0.717) is 13.2 Å². The van der Waals surface area contributed by atoms with E-state index in [1.807, 2.05) is 13.8 Å². The molecule has 110 valence electrons. The summed E-state index contributed by atoms with van der Waals surface area (Å²) in [5.74, 6) is -0.950. The fourth-order valence-corrected chi connectivity index (χ4v) is 1.92. The monoisotopic (exact) mass is 274 g/mol. The van der Waals surface area contributed by atoms with Gasteiger partial charge in [-0.15, -0.1) is 0 Å². The predicted molar refractivity (Wildman–Crippen MR) is 68.0 cm³/mol. The average molecular weight is 274 g/mol. The number of amides is 2. The van der Waals surface area contributed by atoms with Crippen LogP contribution in [0.25, 0.3) is 0 Å². The molecule has 1 aliphatic rings. The van der Waals surface area contributed by atoms with Crippen LogP contribution in [0.3, 0.4) is 0 Å². The number of carboxylic acid groups (broad SMARTS) is 1. The van der Waals surface area contributed by atoms with Crippen LogP contribution >= 0.6 is 0 Å². The van der Waals surface area contributed by atoms with Crippen molar-refractivity contribution in [3.05, 3.63) is 0 Å². The van der Waals surface area contributed by atoms with Gasteiger partial charge in [0, 0.05) is 20.2 Å². The molecule has 1 rings (SSSR count). The van der Waals surface area contributed by atoms with Crippen LogP contribution in [0.1, 0.15) is 20.3 Å². The normalized spacial score (nSPS) is 24.9. The summed E-state index contributed by atoms with van der Waals surface area (Å²) in [6.45, 7) is 5.05. The molecule has 0 radical (unpaired) electrons. The maximum absolute atomic E-state index is 12.0. The number of ether oxygens (including phenoxy) is 2. The van der Waals surface area contributed by atoms with Gasteiger partial charge in [0.05, 0.1) is 31.3 Å². The zero-order valence-corrected chi connectivity index (χ0v) is 11.6. The Balaban J connectivity index is 2.42. The van der Waals surface area contributed by atoms with Crippen molar-refractivity contribution in [1.29, 1.82) is 0 Å². The molecule has 0 spiro atoms. The number of aliphatic carboxylic acids is 1. The summed E-state index contributed by atoms with van der Waals surface area (Å²) >= 11 is 0. The smallest absolute Gasteiger partial charge is 0.317 e. The summed E-state index contributed by atoms with van der Waals surface area (Å²) in [6, 6.07) is -0.202. The second-order valence-electron chi connectivity index (χ2n) is 4.79. The van der Waals surface area contributed by atoms with Crippen LogP contribution in [0.4, 0.5) is 4.79 Å². The number of carbonyl (C=O) groups excluding carboxylic acids is 1. The number of carboxylic acids is 1. The third kappa shape index (κ3) is 5.04. The number of hydrogen-bond donors (Lipinski definition) is 2. The molecule has 1 saturated heterocycles. The minimum absolute atomic E-state index is 0.0108. The fourth-order valence-electron chi connectivity index (χ4n) is 1.92. The Kier molecular flexibility index (Phi) is 6.04. The van der Waals surface area contributed by atoms with E-state index in [2.05, 4.69) is 5.32 Å². The Morgan fingerprint density at radius 3 is 2.79 bits per heavy atom. The Labute approximate surface area is 112 Å². The molecule has 1 fully saturated rings. The van der Waals surface area contributed by atoms with E-state index in [1.54, 1.807) is 4.90 Å². The molecule has 2 N–H and O–H groups in total. The summed E-state index contributed by atoms with van der Waals surface area (Å²) < 4.78 is 10.5. The molecule has 0 aromatic carbocycles. The van der Waals surface area contributed by atoms with Crippen LogP contribution in [0.15, 0.2) is 0 Å². The van der Waals surface area contributed by atoms with Gasteiger partial charge in [0.1, 0.15) is 0 Å². The molecule has 1 heterocycles. The van der Waals surface area contributed by atoms with Gasteiger partial charge in [0.2, 0.25) is 0 Å². The first-order valence-electron chi connectivity index (χ1n) is 6.34. The first-order valence-corrected chi connectivity index (χ1v) is 6.34. The molecule has 19 heavy (non-hydrogen) atoms. The lowest BCUT2D eigenvalue weighted by atomic mass is 10.2. The van der Waals surface area contributed by atoms with Gasteiger partial charge < -0.3 is 24.8 Å². The highest BCUT2D eigenvalue weighted by atomic mass is 16.5. The lowest BCUT2D eigenvalue weighted by Crippen LogP contribution is -2.54. The van der Waals surface area contributed by atoms with Gasteiger partial charge in [-0.25, -0.2) is 4.79 Å². The Morgan fingerprint density at radius 2 is 2.21 bits per heavy atom. The number of nitrogens with zero attached hydrogens (tertiary/aromatic N) is 1. The summed E-state index contributed by atoms with van der Waals surface area (Å²) in [4.78, 5) is 24.3. The van der Waals surface area contributed by atoms with Gasteiger partial charge in [-0.05, 0) is 13.8 Å². The van der Waals surface area contributed by atoms with Gasteiger partial charge in [0.15, 0.2) is 0 Å². The van der Waals surface area contributed by atoms with Gasteiger partial charge in [-0.2, -0.15) is 0 Å². The van der Waals surface area contributed by atoms with Crippen LogP contribution < -0.4 is 5.32 Å². The quantitative estimate of drug-likeness (QED) is 0.752. The third-order valence-corrected chi connectivity index (χ3v) is 3.09. The molecular formula is C12H22N2O5. The van der Waals surface area contributed by atoms with Crippen molar-refractivity contribution < 1.29 is 24.2 Å². The highest BCUT2D eigenvalue weighted by Gasteiger charge is 2.27. The van der Waals surface area contributed by atoms with Crippen molar-refractivity contribution in [2.75, 3.05) is 26.8 Å². The van der Waals surface area contributed by atoms with Crippen LogP contribution in [0.2, 0.25) is 0 Å².